The van der Waals surface area contributed by atoms with Crippen molar-refractivity contribution in [1.29, 1.82) is 0 Å². The molecule has 4 unspecified atom stereocenters. The second-order valence-electron chi connectivity index (χ2n) is 6.66. The van der Waals surface area contributed by atoms with Gasteiger partial charge >= 0.3 is 0 Å². The topological polar surface area (TPSA) is 49.9 Å². The molecule has 0 saturated carbocycles. The molecule has 3 aliphatic heterocycles. The summed E-state index contributed by atoms with van der Waals surface area (Å²) < 4.78 is 5.88. The molecule has 114 valence electrons. The second-order valence-corrected chi connectivity index (χ2v) is 6.66. The highest BCUT2D eigenvalue weighted by Crippen LogP contribution is 2.64. The molecule has 4 atom stereocenters. The van der Waals surface area contributed by atoms with Crippen LogP contribution in [0.3, 0.4) is 0 Å². The first-order valence-electron chi connectivity index (χ1n) is 7.00. The van der Waals surface area contributed by atoms with Crippen molar-refractivity contribution in [2.45, 2.75) is 38.9 Å². The first-order valence-corrected chi connectivity index (χ1v) is 7.00. The summed E-state index contributed by atoms with van der Waals surface area (Å²) in [7, 11) is 3.89. The number of nitrogens with zero attached hydrogens (tertiary/aromatic N) is 2. The number of likely N-dealkylation sites (tertiary alicyclic amines) is 1. The lowest BCUT2D eigenvalue weighted by atomic mass is 9.59. The quantitative estimate of drug-likeness (QED) is 0.727. The van der Waals surface area contributed by atoms with E-state index in [0.717, 1.165) is 12.8 Å². The Kier molecular flexibility index (Phi) is 3.68. The minimum Gasteiger partial charge on any atom is -0.373 e. The SMILES string of the molecule is CN(C)CCN1C(=O)C2(C)C3CCC(O3)C2(C)C1=O.Cl. The van der Waals surface area contributed by atoms with Crippen LogP contribution < -0.4 is 0 Å². The van der Waals surface area contributed by atoms with Gasteiger partial charge in [0.25, 0.3) is 0 Å². The van der Waals surface area contributed by atoms with Crippen LogP contribution in [0.15, 0.2) is 0 Å². The van der Waals surface area contributed by atoms with Gasteiger partial charge in [0.1, 0.15) is 0 Å². The molecule has 3 heterocycles. The molecule has 6 heteroatoms. The Balaban J connectivity index is 0.00000147. The van der Waals surface area contributed by atoms with E-state index in [2.05, 4.69) is 0 Å². The van der Waals surface area contributed by atoms with E-state index in [1.54, 1.807) is 0 Å². The molecule has 2 bridgehead atoms. The van der Waals surface area contributed by atoms with Crippen molar-refractivity contribution in [2.75, 3.05) is 27.2 Å². The zero-order valence-corrected chi connectivity index (χ0v) is 13.3. The van der Waals surface area contributed by atoms with Gasteiger partial charge in [-0.2, -0.15) is 0 Å². The summed E-state index contributed by atoms with van der Waals surface area (Å²) in [5.74, 6) is -0.0666. The first-order chi connectivity index (χ1) is 8.83. The Morgan fingerprint density at radius 1 is 1.15 bits per heavy atom. The van der Waals surface area contributed by atoms with Crippen LogP contribution >= 0.6 is 12.4 Å². The summed E-state index contributed by atoms with van der Waals surface area (Å²) >= 11 is 0. The van der Waals surface area contributed by atoms with E-state index < -0.39 is 10.8 Å². The van der Waals surface area contributed by atoms with Gasteiger partial charge in [0.05, 0.1) is 23.0 Å². The van der Waals surface area contributed by atoms with Crippen LogP contribution in [0.4, 0.5) is 0 Å². The Bertz CT molecular complexity index is 422. The molecule has 3 saturated heterocycles. The van der Waals surface area contributed by atoms with E-state index in [4.69, 9.17) is 4.74 Å². The lowest BCUT2D eigenvalue weighted by molar-refractivity contribution is -0.145. The predicted octanol–water partition coefficient (Wildman–Crippen LogP) is 0.912. The number of rotatable bonds is 3. The van der Waals surface area contributed by atoms with E-state index in [1.807, 2.05) is 32.8 Å². The lowest BCUT2D eigenvalue weighted by Crippen LogP contribution is -2.48. The van der Waals surface area contributed by atoms with Gasteiger partial charge in [-0.1, -0.05) is 0 Å². The van der Waals surface area contributed by atoms with Crippen molar-refractivity contribution >= 4 is 24.2 Å². The Hall–Kier alpha value is -0.650. The molecule has 0 spiro atoms. The molecular formula is C14H23ClN2O3. The van der Waals surface area contributed by atoms with Gasteiger partial charge in [0, 0.05) is 13.1 Å². The molecule has 0 aromatic carbocycles. The number of ether oxygens (including phenoxy) is 1. The Labute approximate surface area is 126 Å². The molecule has 0 N–H and O–H groups in total. The van der Waals surface area contributed by atoms with Gasteiger partial charge in [-0.3, -0.25) is 14.5 Å². The molecule has 0 aromatic heterocycles. The van der Waals surface area contributed by atoms with Gasteiger partial charge < -0.3 is 9.64 Å². The van der Waals surface area contributed by atoms with Crippen LogP contribution in [0, 0.1) is 10.8 Å². The van der Waals surface area contributed by atoms with Crippen LogP contribution in [0.2, 0.25) is 0 Å². The Morgan fingerprint density at radius 3 is 2.00 bits per heavy atom. The summed E-state index contributed by atoms with van der Waals surface area (Å²) in [6.45, 7) is 5.04. The summed E-state index contributed by atoms with van der Waals surface area (Å²) in [5.41, 5.74) is -1.31. The molecule has 2 amide bonds. The van der Waals surface area contributed by atoms with Crippen molar-refractivity contribution in [3.8, 4) is 0 Å². The van der Waals surface area contributed by atoms with Gasteiger partial charge in [-0.15, -0.1) is 12.4 Å². The summed E-state index contributed by atoms with van der Waals surface area (Å²) in [6, 6.07) is 0. The van der Waals surface area contributed by atoms with E-state index in [0.29, 0.717) is 13.1 Å². The minimum absolute atomic E-state index is 0. The van der Waals surface area contributed by atoms with Crippen LogP contribution in [0.25, 0.3) is 0 Å². The minimum atomic E-state index is -0.653. The number of halogens is 1. The fraction of sp³-hybridized carbons (Fsp3) is 0.857. The van der Waals surface area contributed by atoms with Gasteiger partial charge in [0.2, 0.25) is 11.8 Å². The maximum atomic E-state index is 12.7. The highest BCUT2D eigenvalue weighted by Gasteiger charge is 2.76. The zero-order chi connectivity index (χ0) is 14.0. The summed E-state index contributed by atoms with van der Waals surface area (Å²) in [6.07, 6.45) is 1.64. The van der Waals surface area contributed by atoms with Crippen LogP contribution in [-0.4, -0.2) is 61.0 Å². The monoisotopic (exact) mass is 302 g/mol. The molecule has 5 nitrogen and oxygen atoms in total. The van der Waals surface area contributed by atoms with E-state index >= 15 is 0 Å². The highest BCUT2D eigenvalue weighted by molar-refractivity contribution is 6.10. The van der Waals surface area contributed by atoms with E-state index in [-0.39, 0.29) is 36.4 Å². The van der Waals surface area contributed by atoms with Gasteiger partial charge in [-0.05, 0) is 40.8 Å². The van der Waals surface area contributed by atoms with Crippen molar-refractivity contribution in [2.24, 2.45) is 10.8 Å². The highest BCUT2D eigenvalue weighted by atomic mass is 35.5. The Morgan fingerprint density at radius 2 is 1.60 bits per heavy atom. The average molecular weight is 303 g/mol. The fourth-order valence-corrected chi connectivity index (χ4v) is 4.03. The number of imide groups is 1. The number of carbonyl (C=O) groups is 2. The third kappa shape index (κ3) is 1.57. The maximum absolute atomic E-state index is 12.7. The molecule has 0 aliphatic carbocycles. The number of hydrogen-bond acceptors (Lipinski definition) is 4. The summed E-state index contributed by atoms with van der Waals surface area (Å²) in [4.78, 5) is 28.9. The van der Waals surface area contributed by atoms with Crippen molar-refractivity contribution in [3.05, 3.63) is 0 Å². The first kappa shape index (κ1) is 15.7. The number of likely N-dealkylation sites (N-methyl/N-ethyl adjacent to an activating group) is 1. The lowest BCUT2D eigenvalue weighted by Gasteiger charge is -2.36. The molecule has 3 aliphatic rings. The zero-order valence-electron chi connectivity index (χ0n) is 12.5. The molecule has 3 rings (SSSR count). The van der Waals surface area contributed by atoms with Crippen molar-refractivity contribution in [3.63, 3.8) is 0 Å². The third-order valence-electron chi connectivity index (χ3n) is 5.54. The summed E-state index contributed by atoms with van der Waals surface area (Å²) in [5, 5.41) is 0. The van der Waals surface area contributed by atoms with Crippen molar-refractivity contribution < 1.29 is 14.3 Å². The molecule has 20 heavy (non-hydrogen) atoms. The van der Waals surface area contributed by atoms with Crippen LogP contribution in [-0.2, 0) is 14.3 Å². The smallest absolute Gasteiger partial charge is 0.238 e. The standard InChI is InChI=1S/C14H22N2O3.ClH/c1-13-9-5-6-10(19-9)14(13,2)12(18)16(11(13)17)8-7-15(3)4;/h9-10H,5-8H2,1-4H3;1H. The number of fused-ring (bicyclic) bond motifs is 5. The molecule has 0 radical (unpaired) electrons. The maximum Gasteiger partial charge on any atom is 0.238 e. The second kappa shape index (κ2) is 4.68. The van der Waals surface area contributed by atoms with E-state index in [1.165, 1.54) is 4.90 Å². The normalized spacial score (nSPS) is 42.4. The molecule has 0 aromatic rings. The number of carbonyl (C=O) groups excluding carboxylic acids is 2. The van der Waals surface area contributed by atoms with Crippen molar-refractivity contribution in [1.82, 2.24) is 9.80 Å². The van der Waals surface area contributed by atoms with Crippen LogP contribution in [0.1, 0.15) is 26.7 Å². The third-order valence-corrected chi connectivity index (χ3v) is 5.54. The predicted molar refractivity (Wildman–Crippen MR) is 76.6 cm³/mol. The molecule has 3 fully saturated rings. The number of hydrogen-bond donors (Lipinski definition) is 0. The van der Waals surface area contributed by atoms with Crippen LogP contribution in [0.5, 0.6) is 0 Å². The van der Waals surface area contributed by atoms with Gasteiger partial charge in [0.15, 0.2) is 0 Å². The fourth-order valence-electron chi connectivity index (χ4n) is 4.03. The average Bonchev–Trinajstić information content (AvgIpc) is 2.95. The largest absolute Gasteiger partial charge is 0.373 e. The van der Waals surface area contributed by atoms with Gasteiger partial charge in [-0.25, -0.2) is 0 Å². The molecular weight excluding hydrogens is 280 g/mol. The number of amides is 2. The van der Waals surface area contributed by atoms with E-state index in [9.17, 15) is 9.59 Å².